The van der Waals surface area contributed by atoms with Gasteiger partial charge in [-0.3, -0.25) is 0 Å². The molecule has 0 bridgehead atoms. The van der Waals surface area contributed by atoms with Crippen LogP contribution in [-0.4, -0.2) is 25.3 Å². The molecule has 1 fully saturated rings. The third-order valence-electron chi connectivity index (χ3n) is 3.87. The highest BCUT2D eigenvalue weighted by atomic mass is 16.5. The maximum atomic E-state index is 6.08. The van der Waals surface area contributed by atoms with Crippen LogP contribution in [-0.2, 0) is 11.3 Å². The van der Waals surface area contributed by atoms with Crippen LogP contribution in [0.4, 0.5) is 5.69 Å². The average Bonchev–Trinajstić information content (AvgIpc) is 3.08. The van der Waals surface area contributed by atoms with E-state index in [1.807, 2.05) is 42.5 Å². The zero-order chi connectivity index (χ0) is 16.8. The molecule has 3 rings (SSSR count). The quantitative estimate of drug-likeness (QED) is 0.655. The third-order valence-corrected chi connectivity index (χ3v) is 3.87. The molecule has 1 saturated heterocycles. The smallest absolute Gasteiger partial charge is 0.193 e. The van der Waals surface area contributed by atoms with Gasteiger partial charge in [0.05, 0.1) is 19.8 Å². The van der Waals surface area contributed by atoms with E-state index >= 15 is 0 Å². The van der Waals surface area contributed by atoms with Crippen molar-refractivity contribution < 1.29 is 9.47 Å². The summed E-state index contributed by atoms with van der Waals surface area (Å²) in [6.45, 7) is 3.93. The van der Waals surface area contributed by atoms with Crippen LogP contribution in [0.3, 0.4) is 0 Å². The monoisotopic (exact) mass is 325 g/mol. The summed E-state index contributed by atoms with van der Waals surface area (Å²) in [5.74, 6) is 1.25. The van der Waals surface area contributed by atoms with Crippen molar-refractivity contribution in [1.29, 1.82) is 0 Å². The largest absolute Gasteiger partial charge is 0.488 e. The molecule has 5 heteroatoms. The van der Waals surface area contributed by atoms with Crippen LogP contribution in [0.2, 0.25) is 0 Å². The number of hydrogen-bond acceptors (Lipinski definition) is 3. The predicted molar refractivity (Wildman–Crippen MR) is 96.4 cm³/mol. The van der Waals surface area contributed by atoms with Crippen molar-refractivity contribution in [1.82, 2.24) is 0 Å². The van der Waals surface area contributed by atoms with E-state index in [4.69, 9.17) is 15.2 Å². The lowest BCUT2D eigenvalue weighted by Gasteiger charge is -2.15. The number of guanidine groups is 1. The number of rotatable bonds is 5. The summed E-state index contributed by atoms with van der Waals surface area (Å²) < 4.78 is 11.5. The summed E-state index contributed by atoms with van der Waals surface area (Å²) in [6.07, 6.45) is 1.04. The Hall–Kier alpha value is -2.53. The minimum Gasteiger partial charge on any atom is -0.488 e. The lowest BCUT2D eigenvalue weighted by Crippen LogP contribution is -2.22. The molecule has 0 aromatic heterocycles. The molecule has 0 spiro atoms. The Morgan fingerprint density at radius 1 is 1.29 bits per heavy atom. The Morgan fingerprint density at radius 3 is 2.88 bits per heavy atom. The highest BCUT2D eigenvalue weighted by Crippen LogP contribution is 2.24. The van der Waals surface area contributed by atoms with Crippen LogP contribution in [0.5, 0.6) is 5.75 Å². The second kappa shape index (κ2) is 7.84. The molecular formula is C19H23N3O2. The van der Waals surface area contributed by atoms with E-state index in [0.29, 0.717) is 19.1 Å². The first kappa shape index (κ1) is 16.3. The Balaban J connectivity index is 1.68. The van der Waals surface area contributed by atoms with Gasteiger partial charge in [-0.1, -0.05) is 30.3 Å². The summed E-state index contributed by atoms with van der Waals surface area (Å²) in [5, 5.41) is 3.08. The van der Waals surface area contributed by atoms with Crippen LogP contribution < -0.4 is 15.8 Å². The third kappa shape index (κ3) is 4.49. The van der Waals surface area contributed by atoms with Gasteiger partial charge in [-0.25, -0.2) is 4.99 Å². The van der Waals surface area contributed by atoms with Gasteiger partial charge in [0, 0.05) is 17.7 Å². The van der Waals surface area contributed by atoms with Crippen LogP contribution in [0.25, 0.3) is 0 Å². The first-order valence-electron chi connectivity index (χ1n) is 8.16. The average molecular weight is 325 g/mol. The highest BCUT2D eigenvalue weighted by Gasteiger charge is 2.18. The molecule has 0 radical (unpaired) electrons. The summed E-state index contributed by atoms with van der Waals surface area (Å²) in [7, 11) is 0. The van der Waals surface area contributed by atoms with Crippen molar-refractivity contribution >= 4 is 11.6 Å². The molecule has 2 aromatic rings. The van der Waals surface area contributed by atoms with Crippen molar-refractivity contribution in [2.75, 3.05) is 18.5 Å². The van der Waals surface area contributed by atoms with E-state index in [1.165, 1.54) is 0 Å². The van der Waals surface area contributed by atoms with E-state index < -0.39 is 0 Å². The Labute approximate surface area is 142 Å². The summed E-state index contributed by atoms with van der Waals surface area (Å²) >= 11 is 0. The Bertz CT molecular complexity index is 695. The molecule has 0 aliphatic carbocycles. The Morgan fingerprint density at radius 2 is 2.12 bits per heavy atom. The molecule has 0 amide bonds. The van der Waals surface area contributed by atoms with Gasteiger partial charge in [0.15, 0.2) is 5.96 Å². The topological polar surface area (TPSA) is 68.9 Å². The van der Waals surface area contributed by atoms with E-state index in [1.54, 1.807) is 0 Å². The fourth-order valence-corrected chi connectivity index (χ4v) is 2.57. The molecule has 1 aliphatic rings. The molecule has 1 aliphatic heterocycles. The number of anilines is 1. The van der Waals surface area contributed by atoms with E-state index in [2.05, 4.69) is 23.3 Å². The lowest BCUT2D eigenvalue weighted by molar-refractivity contribution is 0.140. The molecule has 24 heavy (non-hydrogen) atoms. The first-order valence-corrected chi connectivity index (χ1v) is 8.16. The number of aryl methyl sites for hydroxylation is 1. The van der Waals surface area contributed by atoms with E-state index in [-0.39, 0.29) is 6.10 Å². The molecule has 1 atom stereocenters. The molecule has 1 heterocycles. The zero-order valence-electron chi connectivity index (χ0n) is 13.9. The van der Waals surface area contributed by atoms with Crippen molar-refractivity contribution in [2.24, 2.45) is 10.7 Å². The minimum absolute atomic E-state index is 0.120. The first-order chi connectivity index (χ1) is 11.7. The minimum atomic E-state index is 0.120. The maximum Gasteiger partial charge on any atom is 0.193 e. The standard InChI is InChI=1S/C19H23N3O2/c1-14-7-8-15(18(11-14)24-17-9-10-23-13-17)12-21-19(20)22-16-5-3-2-4-6-16/h2-8,11,17H,9-10,12-13H2,1H3,(H3,20,21,22). The van der Waals surface area contributed by atoms with Gasteiger partial charge >= 0.3 is 0 Å². The van der Waals surface area contributed by atoms with Crippen molar-refractivity contribution in [2.45, 2.75) is 26.0 Å². The van der Waals surface area contributed by atoms with Gasteiger partial charge in [0.2, 0.25) is 0 Å². The van der Waals surface area contributed by atoms with Crippen LogP contribution in [0.15, 0.2) is 53.5 Å². The fraction of sp³-hybridized carbons (Fsp3) is 0.316. The van der Waals surface area contributed by atoms with Crippen molar-refractivity contribution in [3.63, 3.8) is 0 Å². The number of aliphatic imine (C=N–C) groups is 1. The van der Waals surface area contributed by atoms with Crippen molar-refractivity contribution in [3.8, 4) is 5.75 Å². The number of nitrogens with zero attached hydrogens (tertiary/aromatic N) is 1. The molecule has 5 nitrogen and oxygen atoms in total. The normalized spacial score (nSPS) is 17.7. The maximum absolute atomic E-state index is 6.08. The SMILES string of the molecule is Cc1ccc(CN=C(N)Nc2ccccc2)c(OC2CCOC2)c1. The number of nitrogens with two attached hydrogens (primary N) is 1. The number of nitrogens with one attached hydrogen (secondary N) is 1. The predicted octanol–water partition coefficient (Wildman–Crippen LogP) is 3.09. The van der Waals surface area contributed by atoms with Gasteiger partial charge in [0.1, 0.15) is 11.9 Å². The molecule has 126 valence electrons. The molecule has 0 saturated carbocycles. The van der Waals surface area contributed by atoms with Crippen molar-refractivity contribution in [3.05, 3.63) is 59.7 Å². The van der Waals surface area contributed by atoms with Gasteiger partial charge in [0.25, 0.3) is 0 Å². The second-order valence-electron chi connectivity index (χ2n) is 5.91. The summed E-state index contributed by atoms with van der Waals surface area (Å²) in [6, 6.07) is 15.9. The second-order valence-corrected chi connectivity index (χ2v) is 5.91. The fourth-order valence-electron chi connectivity index (χ4n) is 2.57. The van der Waals surface area contributed by atoms with E-state index in [9.17, 15) is 0 Å². The number of para-hydroxylation sites is 1. The molecule has 1 unspecified atom stereocenters. The van der Waals surface area contributed by atoms with Crippen LogP contribution in [0.1, 0.15) is 17.5 Å². The van der Waals surface area contributed by atoms with Crippen LogP contribution >= 0.6 is 0 Å². The lowest BCUT2D eigenvalue weighted by atomic mass is 10.1. The summed E-state index contributed by atoms with van der Waals surface area (Å²) in [4.78, 5) is 4.43. The zero-order valence-corrected chi connectivity index (χ0v) is 13.9. The van der Waals surface area contributed by atoms with E-state index in [0.717, 1.165) is 35.6 Å². The molecule has 2 aromatic carbocycles. The molecular weight excluding hydrogens is 302 g/mol. The Kier molecular flexibility index (Phi) is 5.33. The highest BCUT2D eigenvalue weighted by molar-refractivity contribution is 5.92. The summed E-state index contributed by atoms with van der Waals surface area (Å²) in [5.41, 5.74) is 9.07. The van der Waals surface area contributed by atoms with Crippen LogP contribution in [0, 0.1) is 6.92 Å². The van der Waals surface area contributed by atoms with Gasteiger partial charge in [-0.2, -0.15) is 0 Å². The molecule has 3 N–H and O–H groups in total. The number of benzene rings is 2. The number of hydrogen-bond donors (Lipinski definition) is 2. The van der Waals surface area contributed by atoms with Gasteiger partial charge < -0.3 is 20.5 Å². The number of ether oxygens (including phenoxy) is 2. The van der Waals surface area contributed by atoms with Gasteiger partial charge in [-0.15, -0.1) is 0 Å². The van der Waals surface area contributed by atoms with Gasteiger partial charge in [-0.05, 0) is 30.7 Å².